The largest absolute Gasteiger partial charge is 0.497 e. The van der Waals surface area contributed by atoms with Gasteiger partial charge in [0.1, 0.15) is 11.5 Å². The topological polar surface area (TPSA) is 81.7 Å². The van der Waals surface area contributed by atoms with Crippen molar-refractivity contribution in [3.63, 3.8) is 0 Å². The van der Waals surface area contributed by atoms with E-state index in [9.17, 15) is 13.2 Å². The van der Waals surface area contributed by atoms with E-state index in [1.807, 2.05) is 0 Å². The molecule has 2 aromatic rings. The Kier molecular flexibility index (Phi) is 5.36. The monoisotopic (exact) mass is 369 g/mol. The number of nitrogens with one attached hydrogen (secondary N) is 1. The molecule has 0 aliphatic rings. The Hall–Kier alpha value is -2.25. The van der Waals surface area contributed by atoms with Gasteiger partial charge in [-0.25, -0.2) is 8.42 Å². The summed E-state index contributed by atoms with van der Waals surface area (Å²) in [4.78, 5) is 12.5. The van der Waals surface area contributed by atoms with Crippen molar-refractivity contribution in [2.75, 3.05) is 25.8 Å². The summed E-state index contributed by atoms with van der Waals surface area (Å²) in [7, 11) is -0.463. The van der Waals surface area contributed by atoms with Crippen molar-refractivity contribution < 1.29 is 22.7 Å². The number of ether oxygens (including phenoxy) is 2. The fraction of sp³-hybridized carbons (Fsp3) is 0.188. The van der Waals surface area contributed by atoms with Gasteiger partial charge in [0.25, 0.3) is 5.91 Å². The molecular formula is C16H16ClNO5S. The highest BCUT2D eigenvalue weighted by atomic mass is 35.5. The van der Waals surface area contributed by atoms with Crippen LogP contribution in [0.25, 0.3) is 0 Å². The van der Waals surface area contributed by atoms with Gasteiger partial charge in [-0.05, 0) is 18.2 Å². The van der Waals surface area contributed by atoms with E-state index >= 15 is 0 Å². The molecule has 0 atom stereocenters. The highest BCUT2D eigenvalue weighted by Crippen LogP contribution is 2.27. The van der Waals surface area contributed by atoms with Gasteiger partial charge in [0.15, 0.2) is 9.84 Å². The van der Waals surface area contributed by atoms with Gasteiger partial charge in [-0.2, -0.15) is 0 Å². The first kappa shape index (κ1) is 18.1. The minimum Gasteiger partial charge on any atom is -0.497 e. The van der Waals surface area contributed by atoms with E-state index in [2.05, 4.69) is 5.32 Å². The number of rotatable bonds is 5. The number of hydrogen-bond donors (Lipinski definition) is 1. The van der Waals surface area contributed by atoms with E-state index in [-0.39, 0.29) is 15.5 Å². The van der Waals surface area contributed by atoms with Crippen LogP contribution in [0.3, 0.4) is 0 Å². The summed E-state index contributed by atoms with van der Waals surface area (Å²) in [6.07, 6.45) is 1.06. The second kappa shape index (κ2) is 7.11. The molecule has 0 saturated heterocycles. The number of carbonyl (C=O) groups excluding carboxylic acids is 1. The Labute approximate surface area is 145 Å². The molecular weight excluding hydrogens is 354 g/mol. The van der Waals surface area contributed by atoms with Crippen molar-refractivity contribution in [1.82, 2.24) is 0 Å². The Balaban J connectivity index is 2.37. The summed E-state index contributed by atoms with van der Waals surface area (Å²) in [5.74, 6) is 0.460. The van der Waals surface area contributed by atoms with E-state index in [1.165, 1.54) is 32.4 Å². The van der Waals surface area contributed by atoms with Crippen molar-refractivity contribution in [2.24, 2.45) is 0 Å². The van der Waals surface area contributed by atoms with Gasteiger partial charge in [-0.3, -0.25) is 4.79 Å². The van der Waals surface area contributed by atoms with Crippen molar-refractivity contribution in [3.8, 4) is 11.5 Å². The average Bonchev–Trinajstić information content (AvgIpc) is 2.53. The molecule has 24 heavy (non-hydrogen) atoms. The standard InChI is InChI=1S/C16H16ClNO5S/c1-22-11-6-10(7-12(8-11)23-2)18-16(19)14-9-13(24(3,20)21)4-5-15(14)17/h4-9H,1-3H3,(H,18,19). The van der Waals surface area contributed by atoms with Crippen molar-refractivity contribution in [1.29, 1.82) is 0 Å². The van der Waals surface area contributed by atoms with Gasteiger partial charge < -0.3 is 14.8 Å². The summed E-state index contributed by atoms with van der Waals surface area (Å²) >= 11 is 6.02. The highest BCUT2D eigenvalue weighted by molar-refractivity contribution is 7.90. The molecule has 0 aromatic heterocycles. The normalized spacial score (nSPS) is 11.0. The molecule has 2 rings (SSSR count). The third-order valence-electron chi connectivity index (χ3n) is 3.22. The van der Waals surface area contributed by atoms with Gasteiger partial charge in [0.2, 0.25) is 0 Å². The number of anilines is 1. The lowest BCUT2D eigenvalue weighted by Gasteiger charge is -2.11. The SMILES string of the molecule is COc1cc(NC(=O)c2cc(S(C)(=O)=O)ccc2Cl)cc(OC)c1. The van der Waals surface area contributed by atoms with Crippen molar-refractivity contribution in [3.05, 3.63) is 47.0 Å². The maximum atomic E-state index is 12.4. The maximum absolute atomic E-state index is 12.4. The number of benzene rings is 2. The van der Waals surface area contributed by atoms with Gasteiger partial charge in [-0.15, -0.1) is 0 Å². The third kappa shape index (κ3) is 4.18. The fourth-order valence-electron chi connectivity index (χ4n) is 1.99. The molecule has 0 bridgehead atoms. The number of sulfone groups is 1. The zero-order valence-corrected chi connectivity index (χ0v) is 14.9. The Morgan fingerprint density at radius 2 is 1.62 bits per heavy atom. The van der Waals surface area contributed by atoms with Gasteiger partial charge >= 0.3 is 0 Å². The molecule has 0 heterocycles. The molecule has 2 aromatic carbocycles. The third-order valence-corrected chi connectivity index (χ3v) is 4.66. The predicted molar refractivity (Wildman–Crippen MR) is 92.1 cm³/mol. The van der Waals surface area contributed by atoms with Crippen molar-refractivity contribution >= 4 is 33.0 Å². The lowest BCUT2D eigenvalue weighted by Crippen LogP contribution is -2.13. The number of carbonyl (C=O) groups is 1. The summed E-state index contributed by atoms with van der Waals surface area (Å²) in [5.41, 5.74) is 0.485. The number of hydrogen-bond acceptors (Lipinski definition) is 5. The molecule has 0 fully saturated rings. The second-order valence-electron chi connectivity index (χ2n) is 4.97. The van der Waals surface area contributed by atoms with E-state index in [4.69, 9.17) is 21.1 Å². The average molecular weight is 370 g/mol. The van der Waals surface area contributed by atoms with Crippen LogP contribution in [0.15, 0.2) is 41.3 Å². The van der Waals surface area contributed by atoms with Crippen LogP contribution in [-0.4, -0.2) is 34.8 Å². The number of halogens is 1. The zero-order chi connectivity index (χ0) is 17.9. The van der Waals surface area contributed by atoms with Crippen LogP contribution < -0.4 is 14.8 Å². The first-order valence-electron chi connectivity index (χ1n) is 6.78. The van der Waals surface area contributed by atoms with E-state index in [0.29, 0.717) is 17.2 Å². The smallest absolute Gasteiger partial charge is 0.257 e. The van der Waals surface area contributed by atoms with E-state index in [1.54, 1.807) is 18.2 Å². The maximum Gasteiger partial charge on any atom is 0.257 e. The first-order chi connectivity index (χ1) is 11.2. The Bertz CT molecular complexity index is 858. The van der Waals surface area contributed by atoms with Gasteiger partial charge in [0, 0.05) is 30.1 Å². The summed E-state index contributed by atoms with van der Waals surface area (Å²) in [6.45, 7) is 0. The minimum atomic E-state index is -3.45. The molecule has 0 saturated carbocycles. The summed E-state index contributed by atoms with van der Waals surface area (Å²) < 4.78 is 33.5. The predicted octanol–water partition coefficient (Wildman–Crippen LogP) is 3.01. The molecule has 0 unspecified atom stereocenters. The van der Waals surface area contributed by atoms with E-state index in [0.717, 1.165) is 6.26 Å². The van der Waals surface area contributed by atoms with Crippen LogP contribution in [0.1, 0.15) is 10.4 Å². The van der Waals surface area contributed by atoms with Gasteiger partial charge in [0.05, 0.1) is 29.7 Å². The molecule has 1 N–H and O–H groups in total. The number of methoxy groups -OCH3 is 2. The van der Waals surface area contributed by atoms with E-state index < -0.39 is 15.7 Å². The molecule has 0 aliphatic heterocycles. The lowest BCUT2D eigenvalue weighted by atomic mass is 10.2. The highest BCUT2D eigenvalue weighted by Gasteiger charge is 2.16. The van der Waals surface area contributed by atoms with Crippen LogP contribution >= 0.6 is 11.6 Å². The molecule has 0 spiro atoms. The second-order valence-corrected chi connectivity index (χ2v) is 7.39. The van der Waals surface area contributed by atoms with Crippen LogP contribution in [0.2, 0.25) is 5.02 Å². The summed E-state index contributed by atoms with van der Waals surface area (Å²) in [5, 5.41) is 2.80. The van der Waals surface area contributed by atoms with Gasteiger partial charge in [-0.1, -0.05) is 11.6 Å². The van der Waals surface area contributed by atoms with Crippen LogP contribution in [0.5, 0.6) is 11.5 Å². The van der Waals surface area contributed by atoms with Crippen LogP contribution in [-0.2, 0) is 9.84 Å². The van der Waals surface area contributed by atoms with Crippen molar-refractivity contribution in [2.45, 2.75) is 4.90 Å². The first-order valence-corrected chi connectivity index (χ1v) is 9.05. The van der Waals surface area contributed by atoms with Crippen LogP contribution in [0, 0.1) is 0 Å². The Morgan fingerprint density at radius 1 is 1.04 bits per heavy atom. The lowest BCUT2D eigenvalue weighted by molar-refractivity contribution is 0.102. The summed E-state index contributed by atoms with van der Waals surface area (Å²) in [6, 6.07) is 8.84. The Morgan fingerprint density at radius 3 is 2.12 bits per heavy atom. The molecule has 6 nitrogen and oxygen atoms in total. The molecule has 8 heteroatoms. The zero-order valence-electron chi connectivity index (χ0n) is 13.3. The number of amides is 1. The quantitative estimate of drug-likeness (QED) is 0.876. The molecule has 1 amide bonds. The molecule has 128 valence electrons. The fourth-order valence-corrected chi connectivity index (χ4v) is 2.84. The minimum absolute atomic E-state index is 0.0141. The molecule has 0 radical (unpaired) electrons. The molecule has 0 aliphatic carbocycles. The van der Waals surface area contributed by atoms with Crippen LogP contribution in [0.4, 0.5) is 5.69 Å².